The van der Waals surface area contributed by atoms with Gasteiger partial charge < -0.3 is 9.15 Å². The fourth-order valence-corrected chi connectivity index (χ4v) is 2.22. The summed E-state index contributed by atoms with van der Waals surface area (Å²) in [4.78, 5) is 16.0. The lowest BCUT2D eigenvalue weighted by molar-refractivity contribution is 0.0386. The van der Waals surface area contributed by atoms with Crippen LogP contribution in [0.5, 0.6) is 0 Å². The van der Waals surface area contributed by atoms with Crippen LogP contribution in [0.25, 0.3) is 11.0 Å². The largest absolute Gasteiger partial charge is 0.469 e. The number of hydrogen-bond acceptors (Lipinski definition) is 4. The highest BCUT2D eigenvalue weighted by Gasteiger charge is 2.20. The minimum atomic E-state index is -2.77. The molecule has 0 aliphatic heterocycles. The first kappa shape index (κ1) is 14.2. The van der Waals surface area contributed by atoms with Gasteiger partial charge in [-0.25, -0.2) is 9.78 Å². The fraction of sp³-hybridized carbons (Fsp3) is 0.200. The normalized spacial score (nSPS) is 11.3. The van der Waals surface area contributed by atoms with Gasteiger partial charge in [-0.15, -0.1) is 0 Å². The topological polar surface area (TPSA) is 57.3 Å². The number of benzene rings is 1. The second kappa shape index (κ2) is 5.59. The number of alkyl halides is 2. The number of ether oxygens (including phenoxy) is 1. The van der Waals surface area contributed by atoms with Crippen LogP contribution < -0.4 is 0 Å². The number of imidazole rings is 1. The summed E-state index contributed by atoms with van der Waals surface area (Å²) in [6.45, 7) is -1.50. The van der Waals surface area contributed by atoms with Gasteiger partial charge in [0.2, 0.25) is 0 Å². The van der Waals surface area contributed by atoms with E-state index in [1.165, 1.54) is 12.3 Å². The van der Waals surface area contributed by atoms with Gasteiger partial charge in [0.1, 0.15) is 17.9 Å². The fourth-order valence-electron chi connectivity index (χ4n) is 2.22. The number of halogens is 2. The predicted octanol–water partition coefficient (Wildman–Crippen LogP) is 3.69. The Bertz CT molecular complexity index is 823. The monoisotopic (exact) mass is 306 g/mol. The third-order valence-electron chi connectivity index (χ3n) is 3.28. The van der Waals surface area contributed by atoms with Crippen LogP contribution in [0.4, 0.5) is 8.78 Å². The van der Waals surface area contributed by atoms with Crippen molar-refractivity contribution in [3.63, 3.8) is 0 Å². The number of aromatic nitrogens is 2. The second-order valence-corrected chi connectivity index (χ2v) is 4.63. The molecule has 0 aliphatic carbocycles. The molecule has 0 fully saturated rings. The van der Waals surface area contributed by atoms with Crippen molar-refractivity contribution in [1.29, 1.82) is 0 Å². The van der Waals surface area contributed by atoms with E-state index in [2.05, 4.69) is 4.98 Å². The molecular formula is C15H12F2N2O3. The molecule has 5 nitrogen and oxygen atoms in total. The summed E-state index contributed by atoms with van der Waals surface area (Å²) in [6.07, 6.45) is 1.36. The molecule has 0 atom stereocenters. The highest BCUT2D eigenvalue weighted by molar-refractivity contribution is 5.90. The number of carbonyl (C=O) groups is 1. The van der Waals surface area contributed by atoms with Crippen molar-refractivity contribution >= 4 is 17.0 Å². The Kier molecular flexibility index (Phi) is 3.62. The van der Waals surface area contributed by atoms with Crippen LogP contribution in [0.3, 0.4) is 0 Å². The lowest BCUT2D eigenvalue weighted by Gasteiger charge is -2.08. The van der Waals surface area contributed by atoms with E-state index in [1.807, 2.05) is 0 Å². The lowest BCUT2D eigenvalue weighted by atomic mass is 10.3. The molecule has 0 unspecified atom stereocenters. The standard InChI is InChI=1S/C15H12F2N2O3/c1-9-10(6-7-21-9)14(20)22-8-13-18-11-4-2-3-5-12(11)19(13)15(16)17/h2-7,15H,8H2,1H3. The summed E-state index contributed by atoms with van der Waals surface area (Å²) in [7, 11) is 0. The molecule has 0 spiro atoms. The van der Waals surface area contributed by atoms with E-state index in [4.69, 9.17) is 9.15 Å². The van der Waals surface area contributed by atoms with Crippen molar-refractivity contribution in [2.24, 2.45) is 0 Å². The molecule has 22 heavy (non-hydrogen) atoms. The minimum absolute atomic E-state index is 0.00861. The molecule has 0 N–H and O–H groups in total. The molecule has 0 saturated carbocycles. The first-order valence-corrected chi connectivity index (χ1v) is 6.53. The van der Waals surface area contributed by atoms with Gasteiger partial charge in [-0.05, 0) is 25.1 Å². The van der Waals surface area contributed by atoms with Gasteiger partial charge >= 0.3 is 12.5 Å². The third kappa shape index (κ3) is 2.45. The number of esters is 1. The second-order valence-electron chi connectivity index (χ2n) is 4.63. The van der Waals surface area contributed by atoms with Crippen LogP contribution in [-0.2, 0) is 11.3 Å². The molecule has 1 aromatic carbocycles. The van der Waals surface area contributed by atoms with Crippen molar-refractivity contribution < 1.29 is 22.7 Å². The van der Waals surface area contributed by atoms with E-state index in [0.717, 1.165) is 4.57 Å². The molecule has 0 amide bonds. The Labute approximate surface area is 124 Å². The molecule has 0 saturated heterocycles. The van der Waals surface area contributed by atoms with Crippen molar-refractivity contribution in [1.82, 2.24) is 9.55 Å². The van der Waals surface area contributed by atoms with E-state index in [9.17, 15) is 13.6 Å². The van der Waals surface area contributed by atoms with Crippen molar-refractivity contribution in [3.05, 3.63) is 53.7 Å². The Morgan fingerprint density at radius 3 is 2.82 bits per heavy atom. The Balaban J connectivity index is 1.86. The molecule has 2 aromatic heterocycles. The van der Waals surface area contributed by atoms with Crippen molar-refractivity contribution in [3.8, 4) is 0 Å². The number of para-hydroxylation sites is 2. The number of fused-ring (bicyclic) bond motifs is 1. The Morgan fingerprint density at radius 2 is 2.14 bits per heavy atom. The summed E-state index contributed by atoms with van der Waals surface area (Å²) in [5.74, 6) is -0.239. The summed E-state index contributed by atoms with van der Waals surface area (Å²) >= 11 is 0. The van der Waals surface area contributed by atoms with Crippen molar-refractivity contribution in [2.45, 2.75) is 20.1 Å². The number of hydrogen-bond donors (Lipinski definition) is 0. The lowest BCUT2D eigenvalue weighted by Crippen LogP contribution is -2.10. The van der Waals surface area contributed by atoms with Gasteiger partial charge in [0, 0.05) is 0 Å². The number of nitrogens with zero attached hydrogens (tertiary/aromatic N) is 2. The van der Waals surface area contributed by atoms with Crippen LogP contribution in [0, 0.1) is 6.92 Å². The number of carbonyl (C=O) groups excluding carboxylic acids is 1. The maximum Gasteiger partial charge on any atom is 0.342 e. The summed E-state index contributed by atoms with van der Waals surface area (Å²) in [6, 6.07) is 7.98. The average molecular weight is 306 g/mol. The molecule has 0 aliphatic rings. The number of rotatable bonds is 4. The van der Waals surface area contributed by atoms with E-state index in [0.29, 0.717) is 16.8 Å². The Morgan fingerprint density at radius 1 is 1.36 bits per heavy atom. The van der Waals surface area contributed by atoms with Crippen LogP contribution in [0.1, 0.15) is 28.5 Å². The quantitative estimate of drug-likeness (QED) is 0.690. The van der Waals surface area contributed by atoms with E-state index in [-0.39, 0.29) is 18.0 Å². The van der Waals surface area contributed by atoms with E-state index < -0.39 is 12.5 Å². The number of furan rings is 1. The summed E-state index contributed by atoms with van der Waals surface area (Å²) in [5.41, 5.74) is 0.982. The van der Waals surface area contributed by atoms with E-state index >= 15 is 0 Å². The van der Waals surface area contributed by atoms with Gasteiger partial charge in [0.15, 0.2) is 5.82 Å². The van der Waals surface area contributed by atoms with Crippen LogP contribution in [0.15, 0.2) is 41.0 Å². The van der Waals surface area contributed by atoms with Gasteiger partial charge in [-0.2, -0.15) is 8.78 Å². The summed E-state index contributed by atoms with van der Waals surface area (Å²) in [5, 5.41) is 0. The van der Waals surface area contributed by atoms with Gasteiger partial charge in [-0.3, -0.25) is 4.57 Å². The van der Waals surface area contributed by atoms with Crippen LogP contribution in [-0.4, -0.2) is 15.5 Å². The summed E-state index contributed by atoms with van der Waals surface area (Å²) < 4.78 is 37.3. The predicted molar refractivity (Wildman–Crippen MR) is 73.6 cm³/mol. The average Bonchev–Trinajstić information content (AvgIpc) is 3.07. The zero-order valence-electron chi connectivity index (χ0n) is 11.6. The maximum absolute atomic E-state index is 13.2. The molecule has 0 bridgehead atoms. The highest BCUT2D eigenvalue weighted by atomic mass is 19.3. The molecule has 0 radical (unpaired) electrons. The minimum Gasteiger partial charge on any atom is -0.469 e. The zero-order chi connectivity index (χ0) is 15.7. The molecule has 7 heteroatoms. The van der Waals surface area contributed by atoms with Crippen molar-refractivity contribution in [2.75, 3.05) is 0 Å². The molecule has 3 rings (SSSR count). The van der Waals surface area contributed by atoms with E-state index in [1.54, 1.807) is 31.2 Å². The SMILES string of the molecule is Cc1occc1C(=O)OCc1nc2ccccc2n1C(F)F. The molecule has 3 aromatic rings. The van der Waals surface area contributed by atoms with Gasteiger partial charge in [-0.1, -0.05) is 12.1 Å². The molecule has 114 valence electrons. The Hall–Kier alpha value is -2.70. The van der Waals surface area contributed by atoms with Crippen LogP contribution >= 0.6 is 0 Å². The maximum atomic E-state index is 13.2. The van der Waals surface area contributed by atoms with Gasteiger partial charge in [0.05, 0.1) is 17.3 Å². The zero-order valence-corrected chi connectivity index (χ0v) is 11.6. The highest BCUT2D eigenvalue weighted by Crippen LogP contribution is 2.23. The first-order chi connectivity index (χ1) is 10.6. The van der Waals surface area contributed by atoms with Gasteiger partial charge in [0.25, 0.3) is 0 Å². The molecular weight excluding hydrogens is 294 g/mol. The molecule has 2 heterocycles. The first-order valence-electron chi connectivity index (χ1n) is 6.53. The third-order valence-corrected chi connectivity index (χ3v) is 3.28. The van der Waals surface area contributed by atoms with Crippen LogP contribution in [0.2, 0.25) is 0 Å². The smallest absolute Gasteiger partial charge is 0.342 e. The number of aryl methyl sites for hydroxylation is 1.